The Balaban J connectivity index is 2.21. The number of nitrogens with one attached hydrogen (secondary N) is 1. The van der Waals surface area contributed by atoms with Gasteiger partial charge in [0, 0.05) is 0 Å². The molecular formula is C13H10BNO4. The van der Waals surface area contributed by atoms with Gasteiger partial charge in [0.1, 0.15) is 0 Å². The lowest BCUT2D eigenvalue weighted by Crippen LogP contribution is -2.31. The topological polar surface area (TPSA) is 86.5 Å². The van der Waals surface area contributed by atoms with E-state index in [9.17, 15) is 14.8 Å². The number of hydrogen-bond donors (Lipinski definition) is 3. The molecule has 3 N–H and O–H groups in total. The highest BCUT2D eigenvalue weighted by atomic mass is 16.4. The lowest BCUT2D eigenvalue weighted by molar-refractivity contribution is 0.426. The van der Waals surface area contributed by atoms with Crippen LogP contribution in [0.3, 0.4) is 0 Å². The minimum Gasteiger partial charge on any atom is -0.423 e. The van der Waals surface area contributed by atoms with E-state index in [-0.39, 0.29) is 0 Å². The quantitative estimate of drug-likeness (QED) is 0.581. The Bertz CT molecular complexity index is 790. The fourth-order valence-corrected chi connectivity index (χ4v) is 2.10. The predicted octanol–water partition coefficient (Wildman–Crippen LogP) is 0.468. The van der Waals surface area contributed by atoms with Crippen LogP contribution in [0.5, 0.6) is 0 Å². The highest BCUT2D eigenvalue weighted by Gasteiger charge is 2.16. The summed E-state index contributed by atoms with van der Waals surface area (Å²) in [6, 6.07) is 12.1. The summed E-state index contributed by atoms with van der Waals surface area (Å²) in [5.41, 5.74) is 2.92. The molecule has 0 saturated carbocycles. The molecule has 0 unspecified atom stereocenters. The molecule has 19 heavy (non-hydrogen) atoms. The van der Waals surface area contributed by atoms with Gasteiger partial charge in [0.15, 0.2) is 5.58 Å². The molecule has 0 amide bonds. The van der Waals surface area contributed by atoms with Crippen molar-refractivity contribution in [3.63, 3.8) is 0 Å². The summed E-state index contributed by atoms with van der Waals surface area (Å²) >= 11 is 0. The number of hydrogen-bond acceptors (Lipinski definition) is 4. The average molecular weight is 255 g/mol. The molecule has 0 fully saturated rings. The van der Waals surface area contributed by atoms with Gasteiger partial charge in [-0.2, -0.15) is 0 Å². The summed E-state index contributed by atoms with van der Waals surface area (Å²) in [6.45, 7) is 0. The highest BCUT2D eigenvalue weighted by molar-refractivity contribution is 6.60. The van der Waals surface area contributed by atoms with E-state index in [1.807, 2.05) is 6.07 Å². The van der Waals surface area contributed by atoms with Gasteiger partial charge in [-0.25, -0.2) is 4.79 Å². The SMILES string of the molecule is O=c1[nH]c2cc(-c3ccccc3B(O)O)ccc2o1. The fourth-order valence-electron chi connectivity index (χ4n) is 2.10. The smallest absolute Gasteiger partial charge is 0.423 e. The van der Waals surface area contributed by atoms with E-state index < -0.39 is 12.9 Å². The zero-order valence-corrected chi connectivity index (χ0v) is 9.83. The Morgan fingerprint density at radius 1 is 1.11 bits per heavy atom. The van der Waals surface area contributed by atoms with Crippen LogP contribution in [-0.4, -0.2) is 22.2 Å². The van der Waals surface area contributed by atoms with E-state index in [1.165, 1.54) is 0 Å². The molecule has 5 nitrogen and oxygen atoms in total. The van der Waals surface area contributed by atoms with Crippen LogP contribution < -0.4 is 11.2 Å². The van der Waals surface area contributed by atoms with E-state index in [1.54, 1.807) is 36.4 Å². The summed E-state index contributed by atoms with van der Waals surface area (Å²) in [4.78, 5) is 13.7. The Kier molecular flexibility index (Phi) is 2.74. The van der Waals surface area contributed by atoms with Crippen molar-refractivity contribution >= 4 is 23.7 Å². The summed E-state index contributed by atoms with van der Waals surface area (Å²) in [7, 11) is -1.55. The Hall–Kier alpha value is -2.31. The lowest BCUT2D eigenvalue weighted by Gasteiger charge is -2.08. The summed E-state index contributed by atoms with van der Waals surface area (Å²) in [6.07, 6.45) is 0. The van der Waals surface area contributed by atoms with Gasteiger partial charge in [-0.05, 0) is 28.7 Å². The zero-order valence-electron chi connectivity index (χ0n) is 9.83. The van der Waals surface area contributed by atoms with Gasteiger partial charge >= 0.3 is 12.9 Å². The van der Waals surface area contributed by atoms with E-state index in [4.69, 9.17) is 4.42 Å². The first-order chi connectivity index (χ1) is 9.15. The van der Waals surface area contributed by atoms with Crippen molar-refractivity contribution in [2.75, 3.05) is 0 Å². The van der Waals surface area contributed by atoms with Crippen LogP contribution in [0.1, 0.15) is 0 Å². The van der Waals surface area contributed by atoms with Gasteiger partial charge in [-0.3, -0.25) is 4.98 Å². The van der Waals surface area contributed by atoms with Crippen LogP contribution in [-0.2, 0) is 0 Å². The van der Waals surface area contributed by atoms with Crippen molar-refractivity contribution in [3.8, 4) is 11.1 Å². The molecule has 3 aromatic rings. The highest BCUT2D eigenvalue weighted by Crippen LogP contribution is 2.21. The van der Waals surface area contributed by atoms with Gasteiger partial charge in [-0.15, -0.1) is 0 Å². The first-order valence-corrected chi connectivity index (χ1v) is 5.73. The lowest BCUT2D eigenvalue weighted by atomic mass is 9.75. The summed E-state index contributed by atoms with van der Waals surface area (Å²) < 4.78 is 4.93. The van der Waals surface area contributed by atoms with Crippen molar-refractivity contribution in [1.29, 1.82) is 0 Å². The average Bonchev–Trinajstić information content (AvgIpc) is 2.77. The first kappa shape index (κ1) is 11.8. The third kappa shape index (κ3) is 2.07. The number of rotatable bonds is 2. The summed E-state index contributed by atoms with van der Waals surface area (Å²) in [5, 5.41) is 18.7. The number of aromatic amines is 1. The minimum absolute atomic E-state index is 0.410. The molecule has 0 aliphatic heterocycles. The molecule has 0 bridgehead atoms. The minimum atomic E-state index is -1.55. The van der Waals surface area contributed by atoms with Crippen molar-refractivity contribution in [1.82, 2.24) is 4.98 Å². The molecule has 1 heterocycles. The van der Waals surface area contributed by atoms with Crippen molar-refractivity contribution in [2.24, 2.45) is 0 Å². The van der Waals surface area contributed by atoms with Crippen LogP contribution in [0, 0.1) is 0 Å². The van der Waals surface area contributed by atoms with Crippen LogP contribution >= 0.6 is 0 Å². The second kappa shape index (κ2) is 4.42. The molecule has 6 heteroatoms. The maximum atomic E-state index is 11.1. The number of fused-ring (bicyclic) bond motifs is 1. The molecule has 94 valence electrons. The van der Waals surface area contributed by atoms with Crippen molar-refractivity contribution in [2.45, 2.75) is 0 Å². The Labute approximate surface area is 108 Å². The molecule has 3 rings (SSSR count). The molecule has 0 aliphatic rings. The third-order valence-corrected chi connectivity index (χ3v) is 2.97. The van der Waals surface area contributed by atoms with Crippen LogP contribution in [0.15, 0.2) is 51.7 Å². The molecule has 1 aromatic heterocycles. The molecule has 2 aromatic carbocycles. The number of aromatic nitrogens is 1. The van der Waals surface area contributed by atoms with Gasteiger partial charge < -0.3 is 14.5 Å². The van der Waals surface area contributed by atoms with Gasteiger partial charge in [0.2, 0.25) is 0 Å². The normalized spacial score (nSPS) is 10.8. The van der Waals surface area contributed by atoms with Crippen LogP contribution in [0.2, 0.25) is 0 Å². The molecular weight excluding hydrogens is 245 g/mol. The monoisotopic (exact) mass is 255 g/mol. The number of H-pyrrole nitrogens is 1. The zero-order chi connectivity index (χ0) is 13.4. The maximum absolute atomic E-state index is 11.1. The Morgan fingerprint density at radius 3 is 2.68 bits per heavy atom. The van der Waals surface area contributed by atoms with Gasteiger partial charge in [-0.1, -0.05) is 30.3 Å². The standard InChI is InChI=1S/C13H10BNO4/c16-13-15-11-7-8(5-6-12(11)19-13)9-3-1-2-4-10(9)14(17)18/h1-7,17-18H,(H,15,16). The second-order valence-electron chi connectivity index (χ2n) is 4.19. The van der Waals surface area contributed by atoms with Crippen molar-refractivity contribution in [3.05, 3.63) is 53.0 Å². The summed E-state index contributed by atoms with van der Waals surface area (Å²) in [5.74, 6) is -0.511. The molecule has 0 atom stereocenters. The van der Waals surface area contributed by atoms with Crippen molar-refractivity contribution < 1.29 is 14.5 Å². The van der Waals surface area contributed by atoms with E-state index >= 15 is 0 Å². The largest absolute Gasteiger partial charge is 0.489 e. The molecule has 0 saturated heterocycles. The van der Waals surface area contributed by atoms with E-state index in [0.717, 1.165) is 5.56 Å². The van der Waals surface area contributed by atoms with E-state index in [2.05, 4.69) is 4.98 Å². The van der Waals surface area contributed by atoms with Crippen LogP contribution in [0.25, 0.3) is 22.2 Å². The second-order valence-corrected chi connectivity index (χ2v) is 4.19. The molecule has 0 radical (unpaired) electrons. The van der Waals surface area contributed by atoms with Gasteiger partial charge in [0.05, 0.1) is 5.52 Å². The van der Waals surface area contributed by atoms with E-state index in [0.29, 0.717) is 22.1 Å². The molecule has 0 spiro atoms. The fraction of sp³-hybridized carbons (Fsp3) is 0. The number of oxazole rings is 1. The van der Waals surface area contributed by atoms with Gasteiger partial charge in [0.25, 0.3) is 0 Å². The Morgan fingerprint density at radius 2 is 1.89 bits per heavy atom. The number of benzene rings is 2. The maximum Gasteiger partial charge on any atom is 0.489 e. The van der Waals surface area contributed by atoms with Crippen LogP contribution in [0.4, 0.5) is 0 Å². The predicted molar refractivity (Wildman–Crippen MR) is 72.1 cm³/mol. The third-order valence-electron chi connectivity index (χ3n) is 2.97. The molecule has 0 aliphatic carbocycles. The first-order valence-electron chi connectivity index (χ1n) is 5.73.